The van der Waals surface area contributed by atoms with Crippen LogP contribution in [0.5, 0.6) is 0 Å². The smallest absolute Gasteiger partial charge is 0.328 e. The largest absolute Gasteiger partial charge is 0.467 e. The van der Waals surface area contributed by atoms with Crippen molar-refractivity contribution in [2.45, 2.75) is 26.8 Å². The number of carbonyl (C=O) groups is 2. The summed E-state index contributed by atoms with van der Waals surface area (Å²) < 4.78 is 4.67. The predicted octanol–water partition coefficient (Wildman–Crippen LogP) is 4.82. The quantitative estimate of drug-likeness (QED) is 0.676. The van der Waals surface area contributed by atoms with Crippen molar-refractivity contribution in [3.05, 3.63) is 72.3 Å². The first-order valence-electron chi connectivity index (χ1n) is 9.07. The van der Waals surface area contributed by atoms with Crippen molar-refractivity contribution in [1.82, 2.24) is 5.32 Å². The third-order valence-electron chi connectivity index (χ3n) is 4.15. The lowest BCUT2D eigenvalue weighted by Gasteiger charge is -2.15. The average Bonchev–Trinajstić information content (AvgIpc) is 2.74. The summed E-state index contributed by atoms with van der Waals surface area (Å²) in [5.41, 5.74) is 2.33. The van der Waals surface area contributed by atoms with Gasteiger partial charge in [0.25, 0.3) is 5.91 Å². The molecule has 0 aliphatic rings. The van der Waals surface area contributed by atoms with Gasteiger partial charge in [-0.3, -0.25) is 4.79 Å². The minimum absolute atomic E-state index is 0.304. The summed E-state index contributed by atoms with van der Waals surface area (Å²) in [6.45, 7) is 5.60. The molecule has 0 spiro atoms. The van der Waals surface area contributed by atoms with Gasteiger partial charge in [0.1, 0.15) is 6.04 Å². The molecule has 3 rings (SSSR count). The van der Waals surface area contributed by atoms with Gasteiger partial charge >= 0.3 is 5.97 Å². The Morgan fingerprint density at radius 1 is 0.852 bits per heavy atom. The van der Waals surface area contributed by atoms with Crippen LogP contribution in [-0.4, -0.2) is 25.0 Å². The molecule has 1 atom stereocenters. The molecule has 3 aromatic carbocycles. The van der Waals surface area contributed by atoms with Crippen LogP contribution in [0.3, 0.4) is 0 Å². The van der Waals surface area contributed by atoms with Crippen molar-refractivity contribution < 1.29 is 14.3 Å². The Balaban J connectivity index is 0.00000126. The van der Waals surface area contributed by atoms with E-state index < -0.39 is 12.0 Å². The molecule has 4 heteroatoms. The standard InChI is InChI=1S/C21H19NO3.C2H6/c1-14(21(24)25-2)22-20(23)19-12-6-5-11-18(19)17-13-7-9-15-8-3-4-10-16(15)17;1-2/h3-14H,1-2H3,(H,22,23);1-2H3/t14-;/m0./s1. The molecule has 0 unspecified atom stereocenters. The van der Waals surface area contributed by atoms with E-state index in [2.05, 4.69) is 10.1 Å². The van der Waals surface area contributed by atoms with Gasteiger partial charge in [-0.15, -0.1) is 0 Å². The fourth-order valence-corrected chi connectivity index (χ4v) is 2.89. The Bertz CT molecular complexity index is 928. The van der Waals surface area contributed by atoms with Gasteiger partial charge in [-0.25, -0.2) is 4.79 Å². The van der Waals surface area contributed by atoms with Gasteiger partial charge < -0.3 is 10.1 Å². The summed E-state index contributed by atoms with van der Waals surface area (Å²) in [5.74, 6) is -0.780. The zero-order chi connectivity index (χ0) is 19.8. The maximum atomic E-state index is 12.7. The number of benzene rings is 3. The topological polar surface area (TPSA) is 55.4 Å². The molecule has 4 nitrogen and oxygen atoms in total. The molecule has 1 amide bonds. The fourth-order valence-electron chi connectivity index (χ4n) is 2.89. The highest BCUT2D eigenvalue weighted by molar-refractivity contribution is 6.06. The van der Waals surface area contributed by atoms with Crippen molar-refractivity contribution in [3.63, 3.8) is 0 Å². The summed E-state index contributed by atoms with van der Waals surface area (Å²) in [6, 6.07) is 20.7. The zero-order valence-electron chi connectivity index (χ0n) is 16.2. The van der Waals surface area contributed by atoms with Gasteiger partial charge in [0.2, 0.25) is 0 Å². The van der Waals surface area contributed by atoms with E-state index in [0.717, 1.165) is 21.9 Å². The monoisotopic (exact) mass is 363 g/mol. The van der Waals surface area contributed by atoms with Crippen molar-refractivity contribution in [2.24, 2.45) is 0 Å². The lowest BCUT2D eigenvalue weighted by molar-refractivity contribution is -0.142. The third-order valence-corrected chi connectivity index (χ3v) is 4.15. The highest BCUT2D eigenvalue weighted by Crippen LogP contribution is 2.31. The first-order chi connectivity index (χ1) is 13.1. The molecule has 0 heterocycles. The van der Waals surface area contributed by atoms with Crippen LogP contribution in [0.25, 0.3) is 21.9 Å². The number of ether oxygens (including phenoxy) is 1. The lowest BCUT2D eigenvalue weighted by Crippen LogP contribution is -2.39. The van der Waals surface area contributed by atoms with Gasteiger partial charge in [-0.05, 0) is 34.9 Å². The summed E-state index contributed by atoms with van der Waals surface area (Å²) in [6.07, 6.45) is 0. The van der Waals surface area contributed by atoms with E-state index in [4.69, 9.17) is 0 Å². The van der Waals surface area contributed by atoms with Crippen molar-refractivity contribution in [2.75, 3.05) is 7.11 Å². The van der Waals surface area contributed by atoms with Crippen molar-refractivity contribution >= 4 is 22.6 Å². The van der Waals surface area contributed by atoms with Crippen LogP contribution >= 0.6 is 0 Å². The molecule has 0 aliphatic carbocycles. The number of methoxy groups -OCH3 is 1. The first-order valence-corrected chi connectivity index (χ1v) is 9.07. The lowest BCUT2D eigenvalue weighted by atomic mass is 9.94. The predicted molar refractivity (Wildman–Crippen MR) is 110 cm³/mol. The van der Waals surface area contributed by atoms with E-state index in [1.54, 1.807) is 13.0 Å². The number of esters is 1. The van der Waals surface area contributed by atoms with E-state index in [9.17, 15) is 9.59 Å². The number of amides is 1. The maximum Gasteiger partial charge on any atom is 0.328 e. The zero-order valence-corrected chi connectivity index (χ0v) is 16.2. The molecular formula is C23H25NO3. The number of hydrogen-bond donors (Lipinski definition) is 1. The second-order valence-corrected chi connectivity index (χ2v) is 5.79. The minimum Gasteiger partial charge on any atom is -0.467 e. The highest BCUT2D eigenvalue weighted by Gasteiger charge is 2.19. The second-order valence-electron chi connectivity index (χ2n) is 5.79. The first kappa shape index (κ1) is 20.2. The average molecular weight is 363 g/mol. The van der Waals surface area contributed by atoms with E-state index in [0.29, 0.717) is 5.56 Å². The molecule has 0 radical (unpaired) electrons. The van der Waals surface area contributed by atoms with Gasteiger partial charge in [-0.1, -0.05) is 74.5 Å². The normalized spacial score (nSPS) is 11.1. The van der Waals surface area contributed by atoms with E-state index in [1.165, 1.54) is 7.11 Å². The summed E-state index contributed by atoms with van der Waals surface area (Å²) in [4.78, 5) is 24.3. The molecule has 0 aliphatic heterocycles. The minimum atomic E-state index is -0.710. The molecule has 0 saturated carbocycles. The molecule has 140 valence electrons. The van der Waals surface area contributed by atoms with Gasteiger partial charge in [0.15, 0.2) is 0 Å². The number of nitrogens with one attached hydrogen (secondary N) is 1. The molecule has 0 bridgehead atoms. The summed E-state index contributed by atoms with van der Waals surface area (Å²) >= 11 is 0. The van der Waals surface area contributed by atoms with Crippen LogP contribution in [-0.2, 0) is 9.53 Å². The summed E-state index contributed by atoms with van der Waals surface area (Å²) in [7, 11) is 1.30. The van der Waals surface area contributed by atoms with Crippen LogP contribution < -0.4 is 5.32 Å². The third kappa shape index (κ3) is 4.53. The fraction of sp³-hybridized carbons (Fsp3) is 0.217. The number of rotatable bonds is 4. The van der Waals surface area contributed by atoms with Crippen LogP contribution in [0, 0.1) is 0 Å². The molecule has 27 heavy (non-hydrogen) atoms. The van der Waals surface area contributed by atoms with Gasteiger partial charge in [0.05, 0.1) is 7.11 Å². The van der Waals surface area contributed by atoms with E-state index in [-0.39, 0.29) is 5.91 Å². The molecule has 1 N–H and O–H groups in total. The second kappa shape index (κ2) is 9.53. The molecule has 0 fully saturated rings. The van der Waals surface area contributed by atoms with Crippen molar-refractivity contribution in [1.29, 1.82) is 0 Å². The number of hydrogen-bond acceptors (Lipinski definition) is 3. The van der Waals surface area contributed by atoms with Gasteiger partial charge in [0, 0.05) is 5.56 Å². The molecular weight excluding hydrogens is 338 g/mol. The molecule has 3 aromatic rings. The number of fused-ring (bicyclic) bond motifs is 1. The highest BCUT2D eigenvalue weighted by atomic mass is 16.5. The Hall–Kier alpha value is -3.14. The van der Waals surface area contributed by atoms with Crippen molar-refractivity contribution in [3.8, 4) is 11.1 Å². The SMILES string of the molecule is CC.COC(=O)[C@H](C)NC(=O)c1ccccc1-c1cccc2ccccc12. The van der Waals surface area contributed by atoms with E-state index >= 15 is 0 Å². The van der Waals surface area contributed by atoms with Gasteiger partial charge in [-0.2, -0.15) is 0 Å². The molecule has 0 aromatic heterocycles. The Labute approximate surface area is 160 Å². The van der Waals surface area contributed by atoms with E-state index in [1.807, 2.05) is 74.5 Å². The molecule has 0 saturated heterocycles. The number of carbonyl (C=O) groups excluding carboxylic acids is 2. The van der Waals surface area contributed by atoms with Crippen LogP contribution in [0.1, 0.15) is 31.1 Å². The van der Waals surface area contributed by atoms with Crippen LogP contribution in [0.4, 0.5) is 0 Å². The Morgan fingerprint density at radius 2 is 1.44 bits per heavy atom. The summed E-state index contributed by atoms with van der Waals surface area (Å²) in [5, 5.41) is 4.88. The Morgan fingerprint density at radius 3 is 2.19 bits per heavy atom. The van der Waals surface area contributed by atoms with Crippen LogP contribution in [0.15, 0.2) is 66.7 Å². The Kier molecular flexibility index (Phi) is 7.12. The van der Waals surface area contributed by atoms with Crippen LogP contribution in [0.2, 0.25) is 0 Å². The maximum absolute atomic E-state index is 12.7.